The van der Waals surface area contributed by atoms with Crippen LogP contribution < -0.4 is 10.2 Å². The smallest absolute Gasteiger partial charge is 0.335 e. The fourth-order valence-electron chi connectivity index (χ4n) is 0.270. The van der Waals surface area contributed by atoms with Crippen molar-refractivity contribution in [2.75, 3.05) is 0 Å². The maximum absolute atomic E-state index is 9.77. The number of aliphatic hydroxyl groups excluding tert-OH is 2. The summed E-state index contributed by atoms with van der Waals surface area (Å²) in [7, 11) is 0. The van der Waals surface area contributed by atoms with Gasteiger partial charge in [-0.2, -0.15) is 0 Å². The zero-order valence-electron chi connectivity index (χ0n) is 9.99. The van der Waals surface area contributed by atoms with Crippen molar-refractivity contribution in [3.05, 3.63) is 24.7 Å². The maximum atomic E-state index is 9.77. The third kappa shape index (κ3) is 23.6. The molecule has 0 bridgehead atoms. The third-order valence-electron chi connectivity index (χ3n) is 0.805. The number of hydrogen-bond donors (Lipinski definition) is 4. The van der Waals surface area contributed by atoms with Gasteiger partial charge in [-0.25, -0.2) is 9.59 Å². The van der Waals surface area contributed by atoms with Gasteiger partial charge in [0.2, 0.25) is 0 Å². The lowest BCUT2D eigenvalue weighted by molar-refractivity contribution is -0.301. The van der Waals surface area contributed by atoms with Crippen LogP contribution in [-0.4, -0.2) is 44.6 Å². The molecule has 18 heavy (non-hydrogen) atoms. The van der Waals surface area contributed by atoms with Crippen molar-refractivity contribution in [2.24, 2.45) is 0 Å². The van der Waals surface area contributed by atoms with Crippen molar-refractivity contribution in [3.8, 4) is 0 Å². The van der Waals surface area contributed by atoms with Gasteiger partial charge in [0.1, 0.15) is 0 Å². The van der Waals surface area contributed by atoms with Crippen molar-refractivity contribution in [3.63, 3.8) is 0 Å². The molecule has 0 fully saturated rings. The molecule has 8 heteroatoms. The lowest BCUT2D eigenvalue weighted by atomic mass is 10.2. The molecule has 2 atom stereocenters. The van der Waals surface area contributed by atoms with Crippen LogP contribution in [0.15, 0.2) is 24.7 Å². The predicted molar refractivity (Wildman–Crippen MR) is 56.9 cm³/mol. The minimum Gasteiger partial charge on any atom is -0.876 e. The number of aliphatic carboxylic acids is 2. The second kappa shape index (κ2) is 11.4. The summed E-state index contributed by atoms with van der Waals surface area (Å²) in [5.74, 6) is -3.70. The van der Waals surface area contributed by atoms with E-state index in [1.54, 1.807) is 0 Å². The molecular weight excluding hydrogens is 248 g/mol. The van der Waals surface area contributed by atoms with E-state index in [4.69, 9.17) is 20.4 Å². The predicted octanol–water partition coefficient (Wildman–Crippen LogP) is -2.36. The first kappa shape index (κ1) is 21.2. The Labute approximate surface area is 104 Å². The second-order valence-electron chi connectivity index (χ2n) is 2.97. The van der Waals surface area contributed by atoms with Crippen molar-refractivity contribution in [2.45, 2.75) is 26.1 Å². The van der Waals surface area contributed by atoms with Crippen LogP contribution in [0.5, 0.6) is 0 Å². The van der Waals surface area contributed by atoms with E-state index < -0.39 is 24.1 Å². The number of rotatable bonds is 3. The van der Waals surface area contributed by atoms with Crippen LogP contribution in [0.1, 0.15) is 13.8 Å². The highest BCUT2D eigenvalue weighted by atomic mass is 16.4. The summed E-state index contributed by atoms with van der Waals surface area (Å²) in [6.07, 6.45) is -4.53. The van der Waals surface area contributed by atoms with Crippen molar-refractivity contribution in [1.29, 1.82) is 0 Å². The topological polar surface area (TPSA) is 161 Å². The Hall–Kier alpha value is -2.06. The highest BCUT2D eigenvalue weighted by molar-refractivity contribution is 5.83. The summed E-state index contributed by atoms with van der Waals surface area (Å²) >= 11 is 0. The summed E-state index contributed by atoms with van der Waals surface area (Å²) < 4.78 is 0. The van der Waals surface area contributed by atoms with Gasteiger partial charge in [0, 0.05) is 0 Å². The summed E-state index contributed by atoms with van der Waals surface area (Å²) in [4.78, 5) is 19.5. The lowest BCUT2D eigenvalue weighted by Crippen LogP contribution is -2.39. The molecule has 0 aromatic heterocycles. The molecule has 0 amide bonds. The highest BCUT2D eigenvalue weighted by Gasteiger charge is 2.29. The molecule has 2 unspecified atom stereocenters. The van der Waals surface area contributed by atoms with E-state index in [1.165, 1.54) is 13.8 Å². The second-order valence-corrected chi connectivity index (χ2v) is 2.97. The first-order valence-electron chi connectivity index (χ1n) is 4.40. The zero-order valence-corrected chi connectivity index (χ0v) is 9.99. The molecule has 0 aliphatic rings. The molecular formula is C10H16O8-2. The van der Waals surface area contributed by atoms with Crippen LogP contribution in [0.4, 0.5) is 0 Å². The normalized spacial score (nSPS) is 11.6. The fraction of sp³-hybridized carbons (Fsp3) is 0.400. The van der Waals surface area contributed by atoms with Gasteiger partial charge >= 0.3 is 11.9 Å². The first-order chi connectivity index (χ1) is 7.93. The van der Waals surface area contributed by atoms with E-state index in [0.717, 1.165) is 0 Å². The Morgan fingerprint density at radius 2 is 1.00 bits per heavy atom. The average Bonchev–Trinajstić information content (AvgIpc) is 2.13. The van der Waals surface area contributed by atoms with Crippen LogP contribution in [-0.2, 0) is 9.59 Å². The van der Waals surface area contributed by atoms with Gasteiger partial charge in [-0.1, -0.05) is 13.8 Å². The summed E-state index contributed by atoms with van der Waals surface area (Å²) in [6.45, 7) is 8.83. The van der Waals surface area contributed by atoms with Gasteiger partial charge in [-0.05, 0) is 0 Å². The van der Waals surface area contributed by atoms with Gasteiger partial charge in [0.15, 0.2) is 12.2 Å². The molecule has 0 radical (unpaired) electrons. The van der Waals surface area contributed by atoms with Gasteiger partial charge in [-0.15, -0.1) is 24.7 Å². The Morgan fingerprint density at radius 1 is 0.889 bits per heavy atom. The monoisotopic (exact) mass is 264 g/mol. The van der Waals surface area contributed by atoms with Crippen molar-refractivity contribution >= 4 is 11.9 Å². The van der Waals surface area contributed by atoms with Gasteiger partial charge < -0.3 is 30.6 Å². The summed E-state index contributed by atoms with van der Waals surface area (Å²) in [5.41, 5.74) is 0. The Kier molecular flexibility index (Phi) is 13.5. The molecule has 0 heterocycles. The number of carbonyl (C=O) groups is 2. The summed E-state index contributed by atoms with van der Waals surface area (Å²) in [6, 6.07) is 0. The molecule has 8 nitrogen and oxygen atoms in total. The molecule has 0 saturated carbocycles. The molecule has 0 spiro atoms. The van der Waals surface area contributed by atoms with Crippen LogP contribution in [0, 0.1) is 0 Å². The van der Waals surface area contributed by atoms with Crippen LogP contribution in [0.25, 0.3) is 0 Å². The van der Waals surface area contributed by atoms with Gasteiger partial charge in [0.25, 0.3) is 0 Å². The van der Waals surface area contributed by atoms with Crippen molar-refractivity contribution < 1.29 is 40.2 Å². The number of aliphatic hydroxyl groups is 2. The number of carboxylic acid groups (broad SMARTS) is 2. The molecule has 4 N–H and O–H groups in total. The maximum Gasteiger partial charge on any atom is 0.335 e. The zero-order chi connectivity index (χ0) is 15.5. The Balaban J connectivity index is -0.000000233. The van der Waals surface area contributed by atoms with E-state index in [0.29, 0.717) is 0 Å². The Bertz CT molecular complexity index is 258. The number of carboxylic acids is 2. The van der Waals surface area contributed by atoms with E-state index in [2.05, 4.69) is 13.2 Å². The number of hydrogen-bond acceptors (Lipinski definition) is 6. The van der Waals surface area contributed by atoms with E-state index >= 15 is 0 Å². The first-order valence-corrected chi connectivity index (χ1v) is 4.40. The highest BCUT2D eigenvalue weighted by Crippen LogP contribution is 1.92. The molecule has 0 rings (SSSR count). The fourth-order valence-corrected chi connectivity index (χ4v) is 0.270. The van der Waals surface area contributed by atoms with Crippen molar-refractivity contribution in [1.82, 2.24) is 0 Å². The average molecular weight is 264 g/mol. The van der Waals surface area contributed by atoms with E-state index in [-0.39, 0.29) is 11.5 Å². The standard InChI is InChI=1S/C4H6O6.2C3H6O/c5-1(3(7)8)2(6)4(9)10;2*1-3(2)4/h1-2,5-6H,(H,7,8)(H,9,10);2*4H,1H2,2H3/p-2. The molecule has 0 aromatic rings. The lowest BCUT2D eigenvalue weighted by Gasteiger charge is -2.07. The van der Waals surface area contributed by atoms with Gasteiger partial charge in [-0.3, -0.25) is 0 Å². The van der Waals surface area contributed by atoms with Crippen LogP contribution in [0.2, 0.25) is 0 Å². The minimum atomic E-state index is -2.27. The third-order valence-corrected chi connectivity index (χ3v) is 0.805. The largest absolute Gasteiger partial charge is 0.876 e. The van der Waals surface area contributed by atoms with Crippen LogP contribution in [0.3, 0.4) is 0 Å². The number of allylic oxidation sites excluding steroid dienone is 2. The molecule has 0 aromatic carbocycles. The quantitative estimate of drug-likeness (QED) is 0.411. The van der Waals surface area contributed by atoms with E-state index in [1.807, 2.05) is 0 Å². The Morgan fingerprint density at radius 3 is 1.06 bits per heavy atom. The molecule has 0 aliphatic carbocycles. The molecule has 106 valence electrons. The molecule has 0 saturated heterocycles. The minimum absolute atomic E-state index is 0.0833. The van der Waals surface area contributed by atoms with Crippen LogP contribution >= 0.6 is 0 Å². The summed E-state index contributed by atoms with van der Waals surface area (Å²) in [5, 5.41) is 51.2. The molecule has 0 aliphatic heterocycles. The van der Waals surface area contributed by atoms with Gasteiger partial charge in [0.05, 0.1) is 0 Å². The SMILES string of the molecule is C=C(C)[O-].C=C(C)[O-].O=C(O)C(O)C(O)C(=O)O. The van der Waals surface area contributed by atoms with E-state index in [9.17, 15) is 19.8 Å².